The molecule has 0 aliphatic heterocycles. The minimum atomic E-state index is 0.545. The molecule has 12 heavy (non-hydrogen) atoms. The molecule has 5 heteroatoms. The molecule has 0 aromatic carbocycles. The molecule has 0 saturated heterocycles. The van der Waals surface area contributed by atoms with E-state index < -0.39 is 0 Å². The normalized spacial score (nSPS) is 13.2. The van der Waals surface area contributed by atoms with E-state index >= 15 is 0 Å². The molecule has 0 aliphatic carbocycles. The highest BCUT2D eigenvalue weighted by Gasteiger charge is 2.02. The van der Waals surface area contributed by atoms with Crippen molar-refractivity contribution in [2.75, 3.05) is 12.3 Å². The van der Waals surface area contributed by atoms with E-state index in [-0.39, 0.29) is 0 Å². The highest BCUT2D eigenvalue weighted by molar-refractivity contribution is 8.00. The lowest BCUT2D eigenvalue weighted by Crippen LogP contribution is -2.27. The highest BCUT2D eigenvalue weighted by atomic mass is 32.2. The zero-order valence-electron chi connectivity index (χ0n) is 7.28. The van der Waals surface area contributed by atoms with E-state index in [1.54, 1.807) is 18.1 Å². The molecule has 1 atom stereocenters. The Morgan fingerprint density at radius 1 is 1.75 bits per heavy atom. The second-order valence-corrected chi connectivity index (χ2v) is 4.52. The molecule has 0 spiro atoms. The van der Waals surface area contributed by atoms with Crippen LogP contribution in [0.2, 0.25) is 0 Å². The molecule has 0 aliphatic rings. The van der Waals surface area contributed by atoms with E-state index in [4.69, 9.17) is 0 Å². The van der Waals surface area contributed by atoms with Crippen molar-refractivity contribution in [1.82, 2.24) is 14.7 Å². The van der Waals surface area contributed by atoms with Crippen LogP contribution in [-0.2, 0) is 0 Å². The summed E-state index contributed by atoms with van der Waals surface area (Å²) in [6.45, 7) is 5.32. The summed E-state index contributed by atoms with van der Waals surface area (Å²) in [4.78, 5) is 4.09. The zero-order chi connectivity index (χ0) is 8.81. The Bertz CT molecular complexity index is 200. The van der Waals surface area contributed by atoms with Gasteiger partial charge in [-0.1, -0.05) is 18.7 Å². The molecule has 68 valence electrons. The number of hydrogen-bond acceptors (Lipinski definition) is 5. The maximum atomic E-state index is 4.09. The van der Waals surface area contributed by atoms with Gasteiger partial charge >= 0.3 is 0 Å². The van der Waals surface area contributed by atoms with Gasteiger partial charge in [0.2, 0.25) is 0 Å². The molecule has 0 amide bonds. The van der Waals surface area contributed by atoms with Crippen LogP contribution in [0, 0.1) is 0 Å². The van der Waals surface area contributed by atoms with E-state index in [2.05, 4.69) is 28.5 Å². The summed E-state index contributed by atoms with van der Waals surface area (Å²) in [5.41, 5.74) is 0. The average Bonchev–Trinajstić information content (AvgIpc) is 2.53. The molecule has 0 bridgehead atoms. The first kappa shape index (κ1) is 9.95. The molecule has 3 nitrogen and oxygen atoms in total. The first-order valence-electron chi connectivity index (χ1n) is 3.95. The lowest BCUT2D eigenvalue weighted by molar-refractivity contribution is 0.620. The van der Waals surface area contributed by atoms with Crippen LogP contribution >= 0.6 is 23.3 Å². The van der Waals surface area contributed by atoms with Crippen molar-refractivity contribution >= 4 is 23.3 Å². The summed E-state index contributed by atoms with van der Waals surface area (Å²) in [6, 6.07) is 0.545. The fraction of sp³-hybridized carbons (Fsp3) is 0.714. The van der Waals surface area contributed by atoms with Crippen molar-refractivity contribution < 1.29 is 0 Å². The summed E-state index contributed by atoms with van der Waals surface area (Å²) >= 11 is 3.21. The van der Waals surface area contributed by atoms with Gasteiger partial charge in [-0.3, -0.25) is 0 Å². The summed E-state index contributed by atoms with van der Waals surface area (Å²) in [5.74, 6) is 1.06. The monoisotopic (exact) mass is 203 g/mol. The van der Waals surface area contributed by atoms with Gasteiger partial charge in [0.1, 0.15) is 6.33 Å². The number of rotatable bonds is 5. The van der Waals surface area contributed by atoms with Crippen LogP contribution in [-0.4, -0.2) is 27.7 Å². The Kier molecular flexibility index (Phi) is 4.57. The molecule has 1 aromatic heterocycles. The fourth-order valence-electron chi connectivity index (χ4n) is 0.830. The van der Waals surface area contributed by atoms with Crippen molar-refractivity contribution in [2.45, 2.75) is 24.2 Å². The standard InChI is InChI=1S/C7H13N3S2/c1-3-8-6(2)4-11-7-9-5-10-12-7/h5-6,8H,3-4H2,1-2H3. The van der Waals surface area contributed by atoms with Crippen LogP contribution in [0.4, 0.5) is 0 Å². The van der Waals surface area contributed by atoms with E-state index in [0.717, 1.165) is 16.6 Å². The van der Waals surface area contributed by atoms with Crippen LogP contribution in [0.25, 0.3) is 0 Å². The topological polar surface area (TPSA) is 37.8 Å². The van der Waals surface area contributed by atoms with Crippen molar-refractivity contribution in [1.29, 1.82) is 0 Å². The molecule has 1 aromatic rings. The third kappa shape index (κ3) is 3.51. The van der Waals surface area contributed by atoms with Crippen molar-refractivity contribution in [3.8, 4) is 0 Å². The lowest BCUT2D eigenvalue weighted by Gasteiger charge is -2.09. The van der Waals surface area contributed by atoms with Gasteiger partial charge in [0.15, 0.2) is 4.34 Å². The Labute approximate surface area is 81.1 Å². The molecule has 1 N–H and O–H groups in total. The van der Waals surface area contributed by atoms with Crippen LogP contribution < -0.4 is 5.32 Å². The number of thioether (sulfide) groups is 1. The molecular weight excluding hydrogens is 190 g/mol. The first-order chi connectivity index (χ1) is 5.83. The van der Waals surface area contributed by atoms with Gasteiger partial charge in [0.05, 0.1) is 0 Å². The fourth-order valence-corrected chi connectivity index (χ4v) is 2.29. The van der Waals surface area contributed by atoms with E-state index in [9.17, 15) is 0 Å². The van der Waals surface area contributed by atoms with Gasteiger partial charge in [-0.2, -0.15) is 4.37 Å². The predicted octanol–water partition coefficient (Wildman–Crippen LogP) is 1.63. The summed E-state index contributed by atoms with van der Waals surface area (Å²) in [7, 11) is 0. The second-order valence-electron chi connectivity index (χ2n) is 2.48. The minimum absolute atomic E-state index is 0.545. The van der Waals surface area contributed by atoms with Crippen LogP contribution in [0.3, 0.4) is 0 Å². The van der Waals surface area contributed by atoms with Gasteiger partial charge in [0, 0.05) is 11.8 Å². The van der Waals surface area contributed by atoms with Gasteiger partial charge in [-0.15, -0.1) is 0 Å². The van der Waals surface area contributed by atoms with Crippen LogP contribution in [0.15, 0.2) is 10.7 Å². The minimum Gasteiger partial charge on any atom is -0.314 e. The average molecular weight is 203 g/mol. The molecule has 0 radical (unpaired) electrons. The summed E-state index contributed by atoms with van der Waals surface area (Å²) in [6.07, 6.45) is 1.60. The van der Waals surface area contributed by atoms with E-state index in [1.807, 2.05) is 0 Å². The van der Waals surface area contributed by atoms with Gasteiger partial charge in [-0.25, -0.2) is 4.98 Å². The lowest BCUT2D eigenvalue weighted by atomic mass is 10.4. The van der Waals surface area contributed by atoms with Gasteiger partial charge in [0.25, 0.3) is 0 Å². The third-order valence-electron chi connectivity index (χ3n) is 1.35. The third-order valence-corrected chi connectivity index (χ3v) is 3.41. The Balaban J connectivity index is 2.17. The SMILES string of the molecule is CCNC(C)CSc1ncns1. The maximum absolute atomic E-state index is 4.09. The van der Waals surface area contributed by atoms with Gasteiger partial charge in [-0.05, 0) is 25.0 Å². The number of nitrogens with zero attached hydrogens (tertiary/aromatic N) is 2. The summed E-state index contributed by atoms with van der Waals surface area (Å²) in [5, 5.41) is 3.34. The second kappa shape index (κ2) is 5.50. The molecule has 1 rings (SSSR count). The number of hydrogen-bond donors (Lipinski definition) is 1. The van der Waals surface area contributed by atoms with Crippen molar-refractivity contribution in [2.24, 2.45) is 0 Å². The smallest absolute Gasteiger partial charge is 0.169 e. The molecule has 0 fully saturated rings. The Hall–Kier alpha value is -0.130. The van der Waals surface area contributed by atoms with E-state index in [1.165, 1.54) is 11.5 Å². The van der Waals surface area contributed by atoms with Crippen LogP contribution in [0.1, 0.15) is 13.8 Å². The molecule has 1 unspecified atom stereocenters. The first-order valence-corrected chi connectivity index (χ1v) is 5.71. The maximum Gasteiger partial charge on any atom is 0.169 e. The summed E-state index contributed by atoms with van der Waals surface area (Å²) < 4.78 is 4.99. The quantitative estimate of drug-likeness (QED) is 0.738. The predicted molar refractivity (Wildman–Crippen MR) is 53.8 cm³/mol. The molecular formula is C7H13N3S2. The Morgan fingerprint density at radius 3 is 3.17 bits per heavy atom. The largest absolute Gasteiger partial charge is 0.314 e. The van der Waals surface area contributed by atoms with Crippen LogP contribution in [0.5, 0.6) is 0 Å². The zero-order valence-corrected chi connectivity index (χ0v) is 8.91. The van der Waals surface area contributed by atoms with Crippen molar-refractivity contribution in [3.05, 3.63) is 6.33 Å². The van der Waals surface area contributed by atoms with Gasteiger partial charge < -0.3 is 5.32 Å². The highest BCUT2D eigenvalue weighted by Crippen LogP contribution is 2.18. The number of aromatic nitrogens is 2. The Morgan fingerprint density at radius 2 is 2.58 bits per heavy atom. The molecule has 1 heterocycles. The van der Waals surface area contributed by atoms with Crippen molar-refractivity contribution in [3.63, 3.8) is 0 Å². The number of nitrogens with one attached hydrogen (secondary N) is 1. The van der Waals surface area contributed by atoms with E-state index in [0.29, 0.717) is 6.04 Å². The molecule has 0 saturated carbocycles.